The average molecular weight is 254 g/mol. The van der Waals surface area contributed by atoms with Crippen molar-refractivity contribution in [3.8, 4) is 5.75 Å². The number of nitrogens with one attached hydrogen (secondary N) is 2. The molecule has 2 N–H and O–H groups in total. The van der Waals surface area contributed by atoms with E-state index in [9.17, 15) is 4.39 Å². The molecule has 1 aliphatic heterocycles. The van der Waals surface area contributed by atoms with E-state index in [0.717, 1.165) is 32.7 Å². The van der Waals surface area contributed by atoms with Gasteiger partial charge in [-0.15, -0.1) is 0 Å². The summed E-state index contributed by atoms with van der Waals surface area (Å²) in [4.78, 5) is 0. The van der Waals surface area contributed by atoms with Gasteiger partial charge in [0.2, 0.25) is 0 Å². The lowest BCUT2D eigenvalue weighted by Gasteiger charge is -2.23. The Morgan fingerprint density at radius 1 is 1.56 bits per heavy atom. The Labute approximate surface area is 106 Å². The molecule has 100 valence electrons. The van der Waals surface area contributed by atoms with E-state index >= 15 is 0 Å². The number of methoxy groups -OCH3 is 1. The van der Waals surface area contributed by atoms with Crippen LogP contribution >= 0.6 is 0 Å². The second-order valence-corrected chi connectivity index (χ2v) is 4.26. The van der Waals surface area contributed by atoms with Gasteiger partial charge in [0.05, 0.1) is 25.5 Å². The van der Waals surface area contributed by atoms with Gasteiger partial charge in [-0.05, 0) is 18.6 Å². The fourth-order valence-electron chi connectivity index (χ4n) is 1.99. The molecule has 0 radical (unpaired) electrons. The van der Waals surface area contributed by atoms with Gasteiger partial charge >= 0.3 is 0 Å². The SMILES string of the molecule is COc1ccc(F)cc1NCCC1CNCCO1. The van der Waals surface area contributed by atoms with Crippen LogP contribution in [0.25, 0.3) is 0 Å². The monoisotopic (exact) mass is 254 g/mol. The number of hydrogen-bond donors (Lipinski definition) is 2. The van der Waals surface area contributed by atoms with Crippen molar-refractivity contribution < 1.29 is 13.9 Å². The molecule has 0 amide bonds. The van der Waals surface area contributed by atoms with Gasteiger partial charge < -0.3 is 20.1 Å². The Kier molecular flexibility index (Phi) is 4.78. The van der Waals surface area contributed by atoms with Crippen LogP contribution in [0.3, 0.4) is 0 Å². The summed E-state index contributed by atoms with van der Waals surface area (Å²) in [6, 6.07) is 4.45. The lowest BCUT2D eigenvalue weighted by Crippen LogP contribution is -2.39. The molecule has 1 heterocycles. The summed E-state index contributed by atoms with van der Waals surface area (Å²) in [6.07, 6.45) is 1.11. The summed E-state index contributed by atoms with van der Waals surface area (Å²) in [5.74, 6) is 0.382. The van der Waals surface area contributed by atoms with E-state index in [4.69, 9.17) is 9.47 Å². The van der Waals surface area contributed by atoms with Crippen molar-refractivity contribution in [2.45, 2.75) is 12.5 Å². The molecule has 1 aromatic rings. The Hall–Kier alpha value is -1.33. The molecule has 1 saturated heterocycles. The number of benzene rings is 1. The lowest BCUT2D eigenvalue weighted by atomic mass is 10.2. The van der Waals surface area contributed by atoms with Crippen LogP contribution in [0.2, 0.25) is 0 Å². The number of morpholine rings is 1. The summed E-state index contributed by atoms with van der Waals surface area (Å²) in [5, 5.41) is 6.46. The Bertz CT molecular complexity index is 381. The highest BCUT2D eigenvalue weighted by Gasteiger charge is 2.13. The fourth-order valence-corrected chi connectivity index (χ4v) is 1.99. The summed E-state index contributed by atoms with van der Waals surface area (Å²) < 4.78 is 23.9. The quantitative estimate of drug-likeness (QED) is 0.838. The van der Waals surface area contributed by atoms with Crippen LogP contribution in [0.1, 0.15) is 6.42 Å². The van der Waals surface area contributed by atoms with Crippen LogP contribution < -0.4 is 15.4 Å². The molecule has 2 rings (SSSR count). The van der Waals surface area contributed by atoms with Crippen molar-refractivity contribution >= 4 is 5.69 Å². The van der Waals surface area contributed by atoms with Crippen molar-refractivity contribution in [3.63, 3.8) is 0 Å². The van der Waals surface area contributed by atoms with Gasteiger partial charge in [0.15, 0.2) is 0 Å². The van der Waals surface area contributed by atoms with E-state index in [-0.39, 0.29) is 11.9 Å². The standard InChI is InChI=1S/C13H19FN2O2/c1-17-13-3-2-10(14)8-12(13)16-5-4-11-9-15-6-7-18-11/h2-3,8,11,15-16H,4-7,9H2,1H3. The van der Waals surface area contributed by atoms with Crippen LogP contribution in [0.4, 0.5) is 10.1 Å². The minimum atomic E-state index is -0.270. The topological polar surface area (TPSA) is 42.5 Å². The van der Waals surface area contributed by atoms with Crippen molar-refractivity contribution in [1.29, 1.82) is 0 Å². The van der Waals surface area contributed by atoms with E-state index in [1.54, 1.807) is 13.2 Å². The first-order valence-corrected chi connectivity index (χ1v) is 6.19. The summed E-state index contributed by atoms with van der Waals surface area (Å²) in [5.41, 5.74) is 0.682. The molecule has 1 unspecified atom stereocenters. The van der Waals surface area contributed by atoms with Crippen LogP contribution in [0.5, 0.6) is 5.75 Å². The van der Waals surface area contributed by atoms with Crippen molar-refractivity contribution in [1.82, 2.24) is 5.32 Å². The first-order valence-electron chi connectivity index (χ1n) is 6.19. The smallest absolute Gasteiger partial charge is 0.142 e. The molecule has 0 spiro atoms. The largest absolute Gasteiger partial charge is 0.495 e. The Morgan fingerprint density at radius 3 is 3.17 bits per heavy atom. The molecule has 0 bridgehead atoms. The van der Waals surface area contributed by atoms with Gasteiger partial charge in [0.25, 0.3) is 0 Å². The van der Waals surface area contributed by atoms with Crippen LogP contribution in [-0.4, -0.2) is 39.5 Å². The van der Waals surface area contributed by atoms with E-state index < -0.39 is 0 Å². The van der Waals surface area contributed by atoms with E-state index in [0.29, 0.717) is 11.4 Å². The third-order valence-electron chi connectivity index (χ3n) is 2.95. The molecule has 0 aromatic heterocycles. The van der Waals surface area contributed by atoms with Gasteiger partial charge in [-0.2, -0.15) is 0 Å². The number of halogens is 1. The second kappa shape index (κ2) is 6.56. The molecule has 1 aliphatic rings. The van der Waals surface area contributed by atoms with E-state index in [1.807, 2.05) is 0 Å². The molecular formula is C13H19FN2O2. The molecule has 1 aromatic carbocycles. The molecule has 1 atom stereocenters. The molecule has 0 saturated carbocycles. The van der Waals surface area contributed by atoms with Crippen LogP contribution in [0, 0.1) is 5.82 Å². The Morgan fingerprint density at radius 2 is 2.44 bits per heavy atom. The van der Waals surface area contributed by atoms with E-state index in [1.165, 1.54) is 12.1 Å². The zero-order chi connectivity index (χ0) is 12.8. The van der Waals surface area contributed by atoms with Crippen LogP contribution in [-0.2, 0) is 4.74 Å². The van der Waals surface area contributed by atoms with Gasteiger partial charge in [0.1, 0.15) is 11.6 Å². The first-order chi connectivity index (χ1) is 8.79. The third-order valence-corrected chi connectivity index (χ3v) is 2.95. The zero-order valence-corrected chi connectivity index (χ0v) is 10.5. The molecule has 4 nitrogen and oxygen atoms in total. The minimum Gasteiger partial charge on any atom is -0.495 e. The van der Waals surface area contributed by atoms with Crippen molar-refractivity contribution in [3.05, 3.63) is 24.0 Å². The van der Waals surface area contributed by atoms with Gasteiger partial charge in [-0.1, -0.05) is 0 Å². The molecule has 1 fully saturated rings. The minimum absolute atomic E-state index is 0.228. The number of hydrogen-bond acceptors (Lipinski definition) is 4. The average Bonchev–Trinajstić information content (AvgIpc) is 2.40. The molecule has 18 heavy (non-hydrogen) atoms. The van der Waals surface area contributed by atoms with Gasteiger partial charge in [-0.25, -0.2) is 4.39 Å². The zero-order valence-electron chi connectivity index (χ0n) is 10.5. The molecule has 0 aliphatic carbocycles. The van der Waals surface area contributed by atoms with Crippen LogP contribution in [0.15, 0.2) is 18.2 Å². The molecule has 5 heteroatoms. The maximum Gasteiger partial charge on any atom is 0.142 e. The Balaban J connectivity index is 1.83. The summed E-state index contributed by atoms with van der Waals surface area (Å²) in [6.45, 7) is 3.28. The number of rotatable bonds is 5. The highest BCUT2D eigenvalue weighted by Crippen LogP contribution is 2.24. The highest BCUT2D eigenvalue weighted by atomic mass is 19.1. The number of ether oxygens (including phenoxy) is 2. The van der Waals surface area contributed by atoms with Gasteiger partial charge in [0, 0.05) is 25.7 Å². The fraction of sp³-hybridized carbons (Fsp3) is 0.538. The second-order valence-electron chi connectivity index (χ2n) is 4.26. The summed E-state index contributed by atoms with van der Waals surface area (Å²) >= 11 is 0. The van der Waals surface area contributed by atoms with Crippen molar-refractivity contribution in [2.75, 3.05) is 38.7 Å². The highest BCUT2D eigenvalue weighted by molar-refractivity contribution is 5.56. The van der Waals surface area contributed by atoms with E-state index in [2.05, 4.69) is 10.6 Å². The summed E-state index contributed by atoms with van der Waals surface area (Å²) in [7, 11) is 1.58. The maximum absolute atomic E-state index is 13.1. The van der Waals surface area contributed by atoms with Gasteiger partial charge in [-0.3, -0.25) is 0 Å². The lowest BCUT2D eigenvalue weighted by molar-refractivity contribution is 0.0258. The molecular weight excluding hydrogens is 235 g/mol. The predicted octanol–water partition coefficient (Wildman–Crippen LogP) is 1.62. The normalized spacial score (nSPS) is 19.6. The number of anilines is 1. The third kappa shape index (κ3) is 3.58. The van der Waals surface area contributed by atoms with Crippen molar-refractivity contribution in [2.24, 2.45) is 0 Å². The maximum atomic E-state index is 13.1. The predicted molar refractivity (Wildman–Crippen MR) is 68.7 cm³/mol. The first kappa shape index (κ1) is 13.1.